The van der Waals surface area contributed by atoms with Crippen molar-refractivity contribution in [2.24, 2.45) is 0 Å². The molecule has 3 N–H and O–H groups in total. The highest BCUT2D eigenvalue weighted by Gasteiger charge is 2.21. The standard InChI is InChI=1S/C8H15ClN2O2.ClH/c9-4-6(12)5-11-8(13)7-2-1-3-10-7;/h6-7,10,12H,1-5H2,(H,11,13);1H. The monoisotopic (exact) mass is 242 g/mol. The summed E-state index contributed by atoms with van der Waals surface area (Å²) in [6, 6.07) is -0.0810. The fourth-order valence-electron chi connectivity index (χ4n) is 1.30. The summed E-state index contributed by atoms with van der Waals surface area (Å²) in [7, 11) is 0. The third-order valence-corrected chi connectivity index (χ3v) is 2.42. The number of halogens is 2. The quantitative estimate of drug-likeness (QED) is 0.603. The molecule has 1 aliphatic rings. The van der Waals surface area contributed by atoms with Crippen LogP contribution in [0.15, 0.2) is 0 Å². The van der Waals surface area contributed by atoms with Gasteiger partial charge in [0.2, 0.25) is 5.91 Å². The number of carbonyl (C=O) groups is 1. The molecule has 0 aliphatic carbocycles. The number of hydrogen-bond acceptors (Lipinski definition) is 3. The molecule has 0 saturated carbocycles. The average molecular weight is 243 g/mol. The fourth-order valence-corrected chi connectivity index (χ4v) is 1.41. The Morgan fingerprint density at radius 1 is 1.71 bits per heavy atom. The Hall–Kier alpha value is -0.0300. The summed E-state index contributed by atoms with van der Waals surface area (Å²) >= 11 is 5.38. The molecule has 0 bridgehead atoms. The van der Waals surface area contributed by atoms with E-state index in [0.29, 0.717) is 0 Å². The van der Waals surface area contributed by atoms with E-state index in [2.05, 4.69) is 10.6 Å². The van der Waals surface area contributed by atoms with E-state index in [9.17, 15) is 4.79 Å². The third-order valence-electron chi connectivity index (χ3n) is 2.07. The first-order chi connectivity index (χ1) is 6.24. The first-order valence-corrected chi connectivity index (χ1v) is 5.02. The molecule has 1 fully saturated rings. The Morgan fingerprint density at radius 3 is 2.93 bits per heavy atom. The van der Waals surface area contributed by atoms with Gasteiger partial charge in [0.15, 0.2) is 0 Å². The second-order valence-corrected chi connectivity index (χ2v) is 3.51. The molecule has 0 aromatic rings. The van der Waals surface area contributed by atoms with E-state index in [1.54, 1.807) is 0 Å². The van der Waals surface area contributed by atoms with Gasteiger partial charge in [0.1, 0.15) is 0 Å². The van der Waals surface area contributed by atoms with Crippen LogP contribution in [0, 0.1) is 0 Å². The Morgan fingerprint density at radius 2 is 2.43 bits per heavy atom. The van der Waals surface area contributed by atoms with Crippen LogP contribution in [0.1, 0.15) is 12.8 Å². The predicted molar refractivity (Wildman–Crippen MR) is 58.0 cm³/mol. The predicted octanol–water partition coefficient (Wildman–Crippen LogP) is -0.124. The van der Waals surface area contributed by atoms with Crippen LogP contribution in [0.4, 0.5) is 0 Å². The average Bonchev–Trinajstić information content (AvgIpc) is 2.66. The number of alkyl halides is 1. The molecule has 0 radical (unpaired) electrons. The number of nitrogens with one attached hydrogen (secondary N) is 2. The molecule has 0 spiro atoms. The van der Waals surface area contributed by atoms with Crippen molar-refractivity contribution in [3.05, 3.63) is 0 Å². The van der Waals surface area contributed by atoms with Crippen LogP contribution in [0.25, 0.3) is 0 Å². The molecule has 1 amide bonds. The number of hydrogen-bond donors (Lipinski definition) is 3. The SMILES string of the molecule is Cl.O=C(NCC(O)CCl)C1CCCN1. The first-order valence-electron chi connectivity index (χ1n) is 4.49. The highest BCUT2D eigenvalue weighted by Crippen LogP contribution is 2.04. The maximum atomic E-state index is 11.3. The van der Waals surface area contributed by atoms with E-state index in [-0.39, 0.29) is 36.8 Å². The van der Waals surface area contributed by atoms with Crippen LogP contribution in [0.2, 0.25) is 0 Å². The third kappa shape index (κ3) is 4.46. The molecule has 2 unspecified atom stereocenters. The van der Waals surface area contributed by atoms with Gasteiger partial charge in [-0.05, 0) is 19.4 Å². The minimum Gasteiger partial charge on any atom is -0.390 e. The molecule has 2 atom stereocenters. The number of rotatable bonds is 4. The zero-order chi connectivity index (χ0) is 9.68. The summed E-state index contributed by atoms with van der Waals surface area (Å²) < 4.78 is 0. The highest BCUT2D eigenvalue weighted by atomic mass is 35.5. The minimum atomic E-state index is -0.646. The molecule has 0 aromatic carbocycles. The summed E-state index contributed by atoms with van der Waals surface area (Å²) in [6.07, 6.45) is 1.27. The minimum absolute atomic E-state index is 0. The van der Waals surface area contributed by atoms with E-state index in [0.717, 1.165) is 19.4 Å². The van der Waals surface area contributed by atoms with Crippen molar-refractivity contribution in [1.82, 2.24) is 10.6 Å². The Balaban J connectivity index is 0.00000169. The van der Waals surface area contributed by atoms with Crippen molar-refractivity contribution in [3.63, 3.8) is 0 Å². The van der Waals surface area contributed by atoms with Crippen molar-refractivity contribution in [3.8, 4) is 0 Å². The molecule has 14 heavy (non-hydrogen) atoms. The molecule has 0 aromatic heterocycles. The van der Waals surface area contributed by atoms with Gasteiger partial charge < -0.3 is 15.7 Å². The number of amides is 1. The molecule has 6 heteroatoms. The van der Waals surface area contributed by atoms with Gasteiger partial charge in [0, 0.05) is 6.54 Å². The molecule has 4 nitrogen and oxygen atoms in total. The topological polar surface area (TPSA) is 61.4 Å². The van der Waals surface area contributed by atoms with Crippen LogP contribution < -0.4 is 10.6 Å². The van der Waals surface area contributed by atoms with Gasteiger partial charge in [0.05, 0.1) is 18.0 Å². The van der Waals surface area contributed by atoms with Crippen LogP contribution in [0.3, 0.4) is 0 Å². The molecule has 1 rings (SSSR count). The molecule has 84 valence electrons. The summed E-state index contributed by atoms with van der Waals surface area (Å²) in [5, 5.41) is 14.8. The van der Waals surface area contributed by atoms with Gasteiger partial charge in [-0.25, -0.2) is 0 Å². The molecule has 1 aliphatic heterocycles. The van der Waals surface area contributed by atoms with Crippen molar-refractivity contribution < 1.29 is 9.90 Å². The normalized spacial score (nSPS) is 22.6. The van der Waals surface area contributed by atoms with Crippen LogP contribution in [0.5, 0.6) is 0 Å². The maximum absolute atomic E-state index is 11.3. The lowest BCUT2D eigenvalue weighted by atomic mass is 10.2. The van der Waals surface area contributed by atoms with E-state index < -0.39 is 6.10 Å². The number of aliphatic hydroxyl groups is 1. The van der Waals surface area contributed by atoms with Gasteiger partial charge in [-0.1, -0.05) is 0 Å². The van der Waals surface area contributed by atoms with E-state index >= 15 is 0 Å². The number of carbonyl (C=O) groups excluding carboxylic acids is 1. The summed E-state index contributed by atoms with van der Waals surface area (Å²) in [5.74, 6) is 0.111. The van der Waals surface area contributed by atoms with Gasteiger partial charge in [-0.15, -0.1) is 24.0 Å². The van der Waals surface area contributed by atoms with Crippen LogP contribution in [-0.4, -0.2) is 42.1 Å². The zero-order valence-corrected chi connectivity index (χ0v) is 9.40. The van der Waals surface area contributed by atoms with E-state index in [1.807, 2.05) is 0 Å². The summed E-state index contributed by atoms with van der Waals surface area (Å²) in [6.45, 7) is 1.14. The molecule has 1 heterocycles. The largest absolute Gasteiger partial charge is 0.390 e. The van der Waals surface area contributed by atoms with Crippen LogP contribution in [-0.2, 0) is 4.79 Å². The summed E-state index contributed by atoms with van der Waals surface area (Å²) in [4.78, 5) is 11.3. The highest BCUT2D eigenvalue weighted by molar-refractivity contribution is 6.18. The zero-order valence-electron chi connectivity index (χ0n) is 7.83. The van der Waals surface area contributed by atoms with E-state index in [1.165, 1.54) is 0 Å². The van der Waals surface area contributed by atoms with Gasteiger partial charge in [0.25, 0.3) is 0 Å². The van der Waals surface area contributed by atoms with Crippen molar-refractivity contribution in [2.45, 2.75) is 25.0 Å². The Kier molecular flexibility index (Phi) is 7.27. The Labute approximate surface area is 94.8 Å². The molecular weight excluding hydrogens is 227 g/mol. The van der Waals surface area contributed by atoms with Crippen molar-refractivity contribution in [2.75, 3.05) is 19.0 Å². The lowest BCUT2D eigenvalue weighted by Gasteiger charge is -2.12. The lowest BCUT2D eigenvalue weighted by Crippen LogP contribution is -2.43. The van der Waals surface area contributed by atoms with Gasteiger partial charge in [-0.2, -0.15) is 0 Å². The maximum Gasteiger partial charge on any atom is 0.237 e. The summed E-state index contributed by atoms with van der Waals surface area (Å²) in [5.41, 5.74) is 0. The van der Waals surface area contributed by atoms with Gasteiger partial charge >= 0.3 is 0 Å². The van der Waals surface area contributed by atoms with Crippen LogP contribution >= 0.6 is 24.0 Å². The smallest absolute Gasteiger partial charge is 0.237 e. The Bertz CT molecular complexity index is 175. The van der Waals surface area contributed by atoms with Crippen molar-refractivity contribution >= 4 is 29.9 Å². The van der Waals surface area contributed by atoms with Crippen molar-refractivity contribution in [1.29, 1.82) is 0 Å². The fraction of sp³-hybridized carbons (Fsp3) is 0.875. The van der Waals surface area contributed by atoms with E-state index in [4.69, 9.17) is 16.7 Å². The lowest BCUT2D eigenvalue weighted by molar-refractivity contribution is -0.123. The van der Waals surface area contributed by atoms with Gasteiger partial charge in [-0.3, -0.25) is 4.79 Å². The first kappa shape index (κ1) is 14.0. The number of aliphatic hydroxyl groups excluding tert-OH is 1. The second kappa shape index (κ2) is 7.29. The molecule has 1 saturated heterocycles. The molecular formula is C8H16Cl2N2O2. The second-order valence-electron chi connectivity index (χ2n) is 3.20.